The minimum Gasteiger partial charge on any atom is -0.480 e. The summed E-state index contributed by atoms with van der Waals surface area (Å²) in [5.74, 6) is -0.935. The van der Waals surface area contributed by atoms with Crippen molar-refractivity contribution in [2.75, 3.05) is 19.7 Å². The summed E-state index contributed by atoms with van der Waals surface area (Å²) in [7, 11) is 0. The number of hydrogen-bond donors (Lipinski definition) is 2. The summed E-state index contributed by atoms with van der Waals surface area (Å²) in [4.78, 5) is 25.2. The number of aliphatic carboxylic acids is 1. The first-order valence-corrected chi connectivity index (χ1v) is 7.30. The molecule has 2 unspecified atom stereocenters. The topological polar surface area (TPSA) is 78.9 Å². The molecule has 0 aromatic heterocycles. The second kappa shape index (κ2) is 5.60. The van der Waals surface area contributed by atoms with Crippen LogP contribution in [0.25, 0.3) is 0 Å². The highest BCUT2D eigenvalue weighted by Crippen LogP contribution is 2.29. The van der Waals surface area contributed by atoms with Crippen LogP contribution in [-0.4, -0.2) is 52.8 Å². The molecular formula is C14H24N2O4. The van der Waals surface area contributed by atoms with Crippen molar-refractivity contribution in [3.63, 3.8) is 0 Å². The second-order valence-corrected chi connectivity index (χ2v) is 6.25. The van der Waals surface area contributed by atoms with Crippen molar-refractivity contribution < 1.29 is 19.4 Å². The van der Waals surface area contributed by atoms with Gasteiger partial charge in [0, 0.05) is 19.7 Å². The molecule has 0 aromatic rings. The van der Waals surface area contributed by atoms with E-state index in [1.54, 1.807) is 6.92 Å². The van der Waals surface area contributed by atoms with Gasteiger partial charge < -0.3 is 20.1 Å². The van der Waals surface area contributed by atoms with Gasteiger partial charge in [-0.3, -0.25) is 0 Å². The highest BCUT2D eigenvalue weighted by atomic mass is 16.5. The first-order valence-electron chi connectivity index (χ1n) is 7.30. The Morgan fingerprint density at radius 3 is 2.60 bits per heavy atom. The van der Waals surface area contributed by atoms with E-state index in [9.17, 15) is 14.7 Å². The monoisotopic (exact) mass is 284 g/mol. The van der Waals surface area contributed by atoms with Crippen LogP contribution >= 0.6 is 0 Å². The van der Waals surface area contributed by atoms with Gasteiger partial charge in [0.1, 0.15) is 5.54 Å². The van der Waals surface area contributed by atoms with Crippen LogP contribution in [0.3, 0.4) is 0 Å². The smallest absolute Gasteiger partial charge is 0.329 e. The summed E-state index contributed by atoms with van der Waals surface area (Å²) < 4.78 is 5.63. The molecule has 0 spiro atoms. The summed E-state index contributed by atoms with van der Waals surface area (Å²) in [6.07, 6.45) is 4.12. The minimum atomic E-state index is -1.10. The third-order valence-electron chi connectivity index (χ3n) is 4.51. The summed E-state index contributed by atoms with van der Waals surface area (Å²) in [5, 5.41) is 12.2. The molecule has 2 aliphatic rings. The number of likely N-dealkylation sites (tertiary alicyclic amines) is 1. The second-order valence-electron chi connectivity index (χ2n) is 6.25. The van der Waals surface area contributed by atoms with Crippen LogP contribution in [0.2, 0.25) is 0 Å². The van der Waals surface area contributed by atoms with E-state index in [-0.39, 0.29) is 11.6 Å². The average Bonchev–Trinajstić information content (AvgIpc) is 2.84. The molecule has 0 bridgehead atoms. The third kappa shape index (κ3) is 2.90. The Morgan fingerprint density at radius 2 is 2.00 bits per heavy atom. The number of carboxylic acid groups (broad SMARTS) is 1. The lowest BCUT2D eigenvalue weighted by Crippen LogP contribution is -2.60. The number of carbonyl (C=O) groups excluding carboxylic acids is 1. The number of ether oxygens (including phenoxy) is 1. The van der Waals surface area contributed by atoms with Crippen LogP contribution in [-0.2, 0) is 9.53 Å². The Morgan fingerprint density at radius 1 is 1.25 bits per heavy atom. The highest BCUT2D eigenvalue weighted by Gasteiger charge is 2.44. The number of nitrogens with zero attached hydrogens (tertiary/aromatic N) is 1. The number of carbonyl (C=O) groups is 2. The number of amides is 2. The van der Waals surface area contributed by atoms with E-state index in [4.69, 9.17) is 4.74 Å². The Labute approximate surface area is 119 Å². The molecule has 0 aromatic carbocycles. The number of hydrogen-bond acceptors (Lipinski definition) is 3. The van der Waals surface area contributed by atoms with Crippen LogP contribution in [0.1, 0.15) is 46.0 Å². The van der Waals surface area contributed by atoms with Gasteiger partial charge in [-0.2, -0.15) is 0 Å². The zero-order chi connectivity index (χ0) is 14.8. The number of nitrogens with one attached hydrogen (secondary N) is 1. The van der Waals surface area contributed by atoms with E-state index < -0.39 is 11.5 Å². The number of rotatable bonds is 3. The maximum atomic E-state index is 12.3. The van der Waals surface area contributed by atoms with Crippen LogP contribution in [0.15, 0.2) is 0 Å². The highest BCUT2D eigenvalue weighted by molar-refractivity contribution is 5.86. The fourth-order valence-corrected chi connectivity index (χ4v) is 3.00. The van der Waals surface area contributed by atoms with Gasteiger partial charge in [-0.25, -0.2) is 9.59 Å². The molecule has 2 heterocycles. The van der Waals surface area contributed by atoms with Crippen molar-refractivity contribution in [3.05, 3.63) is 0 Å². The molecule has 2 amide bonds. The van der Waals surface area contributed by atoms with Crippen LogP contribution < -0.4 is 5.32 Å². The predicted octanol–water partition coefficient (Wildman–Crippen LogP) is 1.59. The Balaban J connectivity index is 1.98. The summed E-state index contributed by atoms with van der Waals surface area (Å²) in [6.45, 7) is 5.25. The largest absolute Gasteiger partial charge is 0.480 e. The molecule has 2 rings (SSSR count). The first-order chi connectivity index (χ1) is 9.37. The van der Waals surface area contributed by atoms with Gasteiger partial charge in [-0.15, -0.1) is 0 Å². The molecule has 2 atom stereocenters. The van der Waals surface area contributed by atoms with Gasteiger partial charge in [0.05, 0.1) is 5.60 Å². The van der Waals surface area contributed by atoms with E-state index in [1.165, 1.54) is 4.90 Å². The molecule has 0 saturated carbocycles. The molecule has 2 saturated heterocycles. The number of carboxylic acids is 1. The van der Waals surface area contributed by atoms with Gasteiger partial charge in [-0.05, 0) is 46.0 Å². The first kappa shape index (κ1) is 15.1. The normalized spacial score (nSPS) is 34.0. The summed E-state index contributed by atoms with van der Waals surface area (Å²) in [6, 6.07) is -0.300. The predicted molar refractivity (Wildman–Crippen MR) is 73.6 cm³/mol. The van der Waals surface area contributed by atoms with E-state index in [0.717, 1.165) is 32.3 Å². The van der Waals surface area contributed by atoms with Gasteiger partial charge in [0.2, 0.25) is 0 Å². The molecule has 0 radical (unpaired) electrons. The Kier molecular flexibility index (Phi) is 4.22. The molecule has 2 fully saturated rings. The molecule has 2 aliphatic heterocycles. The van der Waals surface area contributed by atoms with Crippen LogP contribution in [0.5, 0.6) is 0 Å². The van der Waals surface area contributed by atoms with Crippen molar-refractivity contribution in [2.45, 2.75) is 57.1 Å². The summed E-state index contributed by atoms with van der Waals surface area (Å²) in [5.41, 5.74) is -1.41. The number of urea groups is 1. The molecular weight excluding hydrogens is 260 g/mol. The quantitative estimate of drug-likeness (QED) is 0.825. The lowest BCUT2D eigenvalue weighted by Gasteiger charge is -2.41. The standard InChI is InChI=1S/C14H24N2O4/c1-13(6-5-9-20-13)10-15-12(19)16-8-4-3-7-14(16,2)11(17)18/h3-10H2,1-2H3,(H,15,19)(H,17,18). The molecule has 2 N–H and O–H groups in total. The van der Waals surface area contributed by atoms with Gasteiger partial charge in [0.15, 0.2) is 0 Å². The van der Waals surface area contributed by atoms with Crippen molar-refractivity contribution in [1.82, 2.24) is 10.2 Å². The van der Waals surface area contributed by atoms with Crippen molar-refractivity contribution in [1.29, 1.82) is 0 Å². The third-order valence-corrected chi connectivity index (χ3v) is 4.51. The lowest BCUT2D eigenvalue weighted by atomic mass is 9.89. The Hall–Kier alpha value is -1.30. The minimum absolute atomic E-state index is 0.300. The average molecular weight is 284 g/mol. The summed E-state index contributed by atoms with van der Waals surface area (Å²) >= 11 is 0. The van der Waals surface area contributed by atoms with Crippen molar-refractivity contribution in [2.24, 2.45) is 0 Å². The van der Waals surface area contributed by atoms with E-state index >= 15 is 0 Å². The maximum absolute atomic E-state index is 12.3. The van der Waals surface area contributed by atoms with Gasteiger partial charge in [0.25, 0.3) is 0 Å². The molecule has 114 valence electrons. The molecule has 20 heavy (non-hydrogen) atoms. The Bertz CT molecular complexity index is 393. The van der Waals surface area contributed by atoms with Crippen LogP contribution in [0, 0.1) is 0 Å². The van der Waals surface area contributed by atoms with Crippen molar-refractivity contribution >= 4 is 12.0 Å². The van der Waals surface area contributed by atoms with Crippen LogP contribution in [0.4, 0.5) is 4.79 Å². The fraction of sp³-hybridized carbons (Fsp3) is 0.857. The number of piperidine rings is 1. The van der Waals surface area contributed by atoms with E-state index in [2.05, 4.69) is 5.32 Å². The lowest BCUT2D eigenvalue weighted by molar-refractivity contribution is -0.150. The van der Waals surface area contributed by atoms with Gasteiger partial charge in [-0.1, -0.05) is 0 Å². The molecule has 0 aliphatic carbocycles. The zero-order valence-electron chi connectivity index (χ0n) is 12.3. The van der Waals surface area contributed by atoms with Crippen molar-refractivity contribution in [3.8, 4) is 0 Å². The zero-order valence-corrected chi connectivity index (χ0v) is 12.3. The molecule has 6 nitrogen and oxygen atoms in total. The van der Waals surface area contributed by atoms with E-state index in [1.807, 2.05) is 6.92 Å². The SMILES string of the molecule is CC1(CNC(=O)N2CCCCC2(C)C(=O)O)CCCO1. The maximum Gasteiger partial charge on any atom is 0.329 e. The molecule has 6 heteroatoms. The van der Waals surface area contributed by atoms with Gasteiger partial charge >= 0.3 is 12.0 Å². The van der Waals surface area contributed by atoms with E-state index in [0.29, 0.717) is 19.5 Å². The fourth-order valence-electron chi connectivity index (χ4n) is 3.00.